The van der Waals surface area contributed by atoms with Crippen molar-refractivity contribution in [2.24, 2.45) is 0 Å². The Morgan fingerprint density at radius 2 is 2.30 bits per heavy atom. The van der Waals surface area contributed by atoms with Crippen LogP contribution in [0.1, 0.15) is 41.6 Å². The number of hydrogen-bond donors (Lipinski definition) is 2. The number of nitrogens with one attached hydrogen (secondary N) is 2. The van der Waals surface area contributed by atoms with Crippen LogP contribution in [0.25, 0.3) is 0 Å². The van der Waals surface area contributed by atoms with E-state index in [-0.39, 0.29) is 11.6 Å². The summed E-state index contributed by atoms with van der Waals surface area (Å²) in [6.07, 6.45) is 2.39. The van der Waals surface area contributed by atoms with Crippen molar-refractivity contribution in [1.29, 1.82) is 0 Å². The Labute approximate surface area is 146 Å². The van der Waals surface area contributed by atoms with E-state index in [4.69, 9.17) is 21.7 Å². The molecule has 0 saturated heterocycles. The van der Waals surface area contributed by atoms with Crippen LogP contribution >= 0.6 is 23.6 Å². The van der Waals surface area contributed by atoms with E-state index in [1.807, 2.05) is 13.8 Å². The molecule has 0 aromatic carbocycles. The van der Waals surface area contributed by atoms with Crippen molar-refractivity contribution < 1.29 is 14.3 Å². The molecule has 0 bridgehead atoms. The quantitative estimate of drug-likeness (QED) is 0.481. The number of esters is 1. The van der Waals surface area contributed by atoms with Gasteiger partial charge in [0.15, 0.2) is 5.11 Å². The Balaban J connectivity index is 2.34. The van der Waals surface area contributed by atoms with Gasteiger partial charge in [-0.15, -0.1) is 17.9 Å². The summed E-state index contributed by atoms with van der Waals surface area (Å²) >= 11 is 6.74. The predicted octanol–water partition coefficient (Wildman–Crippen LogP) is 3.25. The van der Waals surface area contributed by atoms with Crippen LogP contribution in [0.3, 0.4) is 0 Å². The number of rotatable bonds is 5. The van der Waals surface area contributed by atoms with Crippen molar-refractivity contribution in [2.75, 3.05) is 18.5 Å². The van der Waals surface area contributed by atoms with Gasteiger partial charge < -0.3 is 20.1 Å². The summed E-state index contributed by atoms with van der Waals surface area (Å²) in [5, 5.41) is 7.26. The summed E-state index contributed by atoms with van der Waals surface area (Å²) in [5.41, 5.74) is 1.28. The van der Waals surface area contributed by atoms with Gasteiger partial charge in [0.25, 0.3) is 0 Å². The third-order valence-electron chi connectivity index (χ3n) is 3.40. The molecule has 0 saturated carbocycles. The van der Waals surface area contributed by atoms with Crippen molar-refractivity contribution in [1.82, 2.24) is 5.32 Å². The molecule has 2 N–H and O–H groups in total. The summed E-state index contributed by atoms with van der Waals surface area (Å²) < 4.78 is 11.1. The first-order valence-electron chi connectivity index (χ1n) is 7.49. The highest BCUT2D eigenvalue weighted by Crippen LogP contribution is 2.40. The van der Waals surface area contributed by atoms with Gasteiger partial charge in [-0.25, -0.2) is 4.79 Å². The molecular formula is C16H22N2O3S2. The van der Waals surface area contributed by atoms with Gasteiger partial charge in [0, 0.05) is 17.8 Å². The van der Waals surface area contributed by atoms with Gasteiger partial charge in [0.05, 0.1) is 24.4 Å². The van der Waals surface area contributed by atoms with E-state index in [1.54, 1.807) is 13.0 Å². The lowest BCUT2D eigenvalue weighted by Crippen LogP contribution is -2.32. The first-order chi connectivity index (χ1) is 10.9. The lowest BCUT2D eigenvalue weighted by molar-refractivity contribution is -0.0384. The molecule has 1 aromatic heterocycles. The molecule has 2 rings (SSSR count). The van der Waals surface area contributed by atoms with Crippen LogP contribution < -0.4 is 10.6 Å². The first kappa shape index (κ1) is 17.9. The zero-order chi connectivity index (χ0) is 17.0. The van der Waals surface area contributed by atoms with Crippen molar-refractivity contribution >= 4 is 39.6 Å². The molecule has 0 radical (unpaired) electrons. The summed E-state index contributed by atoms with van der Waals surface area (Å²) in [7, 11) is 0. The zero-order valence-corrected chi connectivity index (χ0v) is 15.3. The Kier molecular flexibility index (Phi) is 5.78. The summed E-state index contributed by atoms with van der Waals surface area (Å²) in [4.78, 5) is 13.5. The normalized spacial score (nSPS) is 15.4. The summed E-state index contributed by atoms with van der Waals surface area (Å²) in [6, 6.07) is 0. The molecule has 1 aliphatic heterocycles. The van der Waals surface area contributed by atoms with Gasteiger partial charge in [0.2, 0.25) is 0 Å². The molecule has 5 nitrogen and oxygen atoms in total. The maximum absolute atomic E-state index is 12.4. The number of thiophene rings is 1. The molecule has 0 amide bonds. The fourth-order valence-electron chi connectivity index (χ4n) is 2.37. The predicted molar refractivity (Wildman–Crippen MR) is 97.3 cm³/mol. The second kappa shape index (κ2) is 7.42. The van der Waals surface area contributed by atoms with Crippen molar-refractivity contribution in [3.05, 3.63) is 28.7 Å². The van der Waals surface area contributed by atoms with E-state index in [9.17, 15) is 4.79 Å². The SMILES string of the molecule is C=CCNC(=S)Nc1sc2c(c1C(=O)OCC)CC(C)(C)OC2. The number of thiocarbonyl (C=S) groups is 1. The van der Waals surface area contributed by atoms with Gasteiger partial charge in [-0.1, -0.05) is 6.08 Å². The lowest BCUT2D eigenvalue weighted by atomic mass is 9.93. The highest BCUT2D eigenvalue weighted by atomic mass is 32.1. The van der Waals surface area contributed by atoms with Crippen LogP contribution in [-0.2, 0) is 22.5 Å². The van der Waals surface area contributed by atoms with Gasteiger partial charge in [-0.05, 0) is 38.6 Å². The van der Waals surface area contributed by atoms with Crippen LogP contribution in [-0.4, -0.2) is 29.8 Å². The van der Waals surface area contributed by atoms with Crippen LogP contribution in [0.5, 0.6) is 0 Å². The molecule has 0 atom stereocenters. The van der Waals surface area contributed by atoms with Crippen LogP contribution in [0.4, 0.5) is 5.00 Å². The van der Waals surface area contributed by atoms with E-state index >= 15 is 0 Å². The molecule has 0 fully saturated rings. The van der Waals surface area contributed by atoms with Gasteiger partial charge in [0.1, 0.15) is 5.00 Å². The maximum atomic E-state index is 12.4. The van der Waals surface area contributed by atoms with Gasteiger partial charge >= 0.3 is 5.97 Å². The monoisotopic (exact) mass is 354 g/mol. The second-order valence-electron chi connectivity index (χ2n) is 5.78. The number of carbonyl (C=O) groups is 1. The molecule has 0 spiro atoms. The third kappa shape index (κ3) is 4.31. The molecule has 1 aliphatic rings. The number of anilines is 1. The van der Waals surface area contributed by atoms with E-state index < -0.39 is 0 Å². The fourth-order valence-corrected chi connectivity index (χ4v) is 3.75. The maximum Gasteiger partial charge on any atom is 0.341 e. The lowest BCUT2D eigenvalue weighted by Gasteiger charge is -2.30. The molecular weight excluding hydrogens is 332 g/mol. The number of ether oxygens (including phenoxy) is 2. The van der Waals surface area contributed by atoms with Crippen LogP contribution in [0, 0.1) is 0 Å². The molecule has 0 aliphatic carbocycles. The van der Waals surface area contributed by atoms with E-state index in [2.05, 4.69) is 17.2 Å². The second-order valence-corrected chi connectivity index (χ2v) is 7.29. The minimum atomic E-state index is -0.322. The Morgan fingerprint density at radius 1 is 1.57 bits per heavy atom. The molecule has 1 aromatic rings. The van der Waals surface area contributed by atoms with Crippen molar-refractivity contribution in [3.63, 3.8) is 0 Å². The minimum absolute atomic E-state index is 0.297. The van der Waals surface area contributed by atoms with E-state index in [0.717, 1.165) is 10.4 Å². The number of carbonyl (C=O) groups excluding carboxylic acids is 1. The average Bonchev–Trinajstić information content (AvgIpc) is 2.81. The highest BCUT2D eigenvalue weighted by Gasteiger charge is 2.34. The van der Waals surface area contributed by atoms with E-state index in [1.165, 1.54) is 11.3 Å². The minimum Gasteiger partial charge on any atom is -0.462 e. The largest absolute Gasteiger partial charge is 0.462 e. The molecule has 0 unspecified atom stereocenters. The van der Waals surface area contributed by atoms with Crippen LogP contribution in [0.15, 0.2) is 12.7 Å². The molecule has 126 valence electrons. The Morgan fingerprint density at radius 3 is 2.96 bits per heavy atom. The van der Waals surface area contributed by atoms with Crippen LogP contribution in [0.2, 0.25) is 0 Å². The Hall–Kier alpha value is -1.44. The number of fused-ring (bicyclic) bond motifs is 1. The third-order valence-corrected chi connectivity index (χ3v) is 4.77. The Bertz CT molecular complexity index is 623. The summed E-state index contributed by atoms with van der Waals surface area (Å²) in [6.45, 7) is 10.9. The molecule has 7 heteroatoms. The smallest absolute Gasteiger partial charge is 0.341 e. The topological polar surface area (TPSA) is 59.6 Å². The fraction of sp³-hybridized carbons (Fsp3) is 0.500. The van der Waals surface area contributed by atoms with Crippen molar-refractivity contribution in [2.45, 2.75) is 39.4 Å². The standard InChI is InChI=1S/C16H22N2O3S2/c1-5-7-17-15(22)18-13-12(14(19)20-6-2)10-8-16(3,4)21-9-11(10)23-13/h5H,1,6-9H2,2-4H3,(H2,17,18,22). The average molecular weight is 354 g/mol. The van der Waals surface area contributed by atoms with Gasteiger partial charge in [-0.2, -0.15) is 0 Å². The first-order valence-corrected chi connectivity index (χ1v) is 8.71. The molecule has 23 heavy (non-hydrogen) atoms. The highest BCUT2D eigenvalue weighted by molar-refractivity contribution is 7.80. The molecule has 2 heterocycles. The summed E-state index contributed by atoms with van der Waals surface area (Å²) in [5.74, 6) is -0.322. The zero-order valence-electron chi connectivity index (χ0n) is 13.7. The number of hydrogen-bond acceptors (Lipinski definition) is 5. The van der Waals surface area contributed by atoms with Gasteiger partial charge in [-0.3, -0.25) is 0 Å². The van der Waals surface area contributed by atoms with E-state index in [0.29, 0.717) is 41.9 Å². The van der Waals surface area contributed by atoms with Crippen molar-refractivity contribution in [3.8, 4) is 0 Å².